The lowest BCUT2D eigenvalue weighted by Gasteiger charge is -2.25. The Morgan fingerprint density at radius 1 is 1.33 bits per heavy atom. The van der Waals surface area contributed by atoms with Crippen molar-refractivity contribution in [3.63, 3.8) is 0 Å². The maximum atomic E-state index is 6.36. The molecule has 98 valence electrons. The number of ether oxygens (including phenoxy) is 2. The van der Waals surface area contributed by atoms with Crippen LogP contribution in [-0.2, 0) is 11.2 Å². The highest BCUT2D eigenvalue weighted by molar-refractivity contribution is 5.39. The van der Waals surface area contributed by atoms with E-state index < -0.39 is 0 Å². The van der Waals surface area contributed by atoms with Gasteiger partial charge in [0.15, 0.2) is 0 Å². The summed E-state index contributed by atoms with van der Waals surface area (Å²) in [4.78, 5) is 0. The Labute approximate surface area is 108 Å². The lowest BCUT2D eigenvalue weighted by atomic mass is 9.91. The van der Waals surface area contributed by atoms with Gasteiger partial charge in [-0.05, 0) is 42.4 Å². The molecule has 0 aliphatic carbocycles. The lowest BCUT2D eigenvalue weighted by molar-refractivity contribution is 0.0724. The van der Waals surface area contributed by atoms with Gasteiger partial charge in [0.1, 0.15) is 5.75 Å². The van der Waals surface area contributed by atoms with Gasteiger partial charge in [-0.2, -0.15) is 0 Å². The van der Waals surface area contributed by atoms with Crippen molar-refractivity contribution in [2.24, 2.45) is 11.7 Å². The summed E-state index contributed by atoms with van der Waals surface area (Å²) in [6.07, 6.45) is 3.47. The normalized spacial score (nSPS) is 28.6. The molecule has 3 unspecified atom stereocenters. The first-order valence-electron chi connectivity index (χ1n) is 6.88. The summed E-state index contributed by atoms with van der Waals surface area (Å²) in [6, 6.07) is 6.33. The van der Waals surface area contributed by atoms with Crippen LogP contribution in [-0.4, -0.2) is 19.3 Å². The number of benzene rings is 1. The molecule has 18 heavy (non-hydrogen) atoms. The molecule has 3 rings (SSSR count). The molecular weight excluding hydrogens is 226 g/mol. The van der Waals surface area contributed by atoms with E-state index in [9.17, 15) is 0 Å². The van der Waals surface area contributed by atoms with E-state index in [4.69, 9.17) is 15.2 Å². The minimum absolute atomic E-state index is 0.0188. The molecule has 2 N–H and O–H groups in total. The second-order valence-electron chi connectivity index (χ2n) is 5.45. The molecule has 0 radical (unpaired) electrons. The number of hydrogen-bond donors (Lipinski definition) is 1. The lowest BCUT2D eigenvalue weighted by Crippen LogP contribution is -2.30. The first-order chi connectivity index (χ1) is 8.75. The Balaban J connectivity index is 1.83. The van der Waals surface area contributed by atoms with Gasteiger partial charge in [0, 0.05) is 6.61 Å². The number of rotatable bonds is 2. The van der Waals surface area contributed by atoms with Gasteiger partial charge in [-0.15, -0.1) is 0 Å². The molecular formula is C15H21NO2. The molecule has 0 aromatic heterocycles. The number of aryl methyl sites for hydroxylation is 1. The van der Waals surface area contributed by atoms with Crippen molar-refractivity contribution in [2.45, 2.75) is 38.3 Å². The van der Waals surface area contributed by atoms with Gasteiger partial charge in [0.25, 0.3) is 0 Å². The van der Waals surface area contributed by atoms with Crippen LogP contribution in [0, 0.1) is 5.92 Å². The summed E-state index contributed by atoms with van der Waals surface area (Å²) in [6.45, 7) is 3.90. The molecule has 1 aromatic rings. The first kappa shape index (κ1) is 12.0. The Morgan fingerprint density at radius 3 is 3.00 bits per heavy atom. The molecule has 0 saturated carbocycles. The summed E-state index contributed by atoms with van der Waals surface area (Å²) >= 11 is 0. The molecule has 3 heteroatoms. The van der Waals surface area contributed by atoms with E-state index in [-0.39, 0.29) is 12.1 Å². The highest BCUT2D eigenvalue weighted by Crippen LogP contribution is 2.33. The number of nitrogens with two attached hydrogens (primary N) is 1. The van der Waals surface area contributed by atoms with E-state index in [1.165, 1.54) is 11.1 Å². The van der Waals surface area contributed by atoms with Gasteiger partial charge in [0.05, 0.1) is 18.8 Å². The Bertz CT molecular complexity index is 433. The van der Waals surface area contributed by atoms with Crippen molar-refractivity contribution >= 4 is 0 Å². The molecule has 1 saturated heterocycles. The molecule has 0 bridgehead atoms. The van der Waals surface area contributed by atoms with Crippen molar-refractivity contribution in [3.05, 3.63) is 29.3 Å². The molecule has 3 nitrogen and oxygen atoms in total. The van der Waals surface area contributed by atoms with E-state index >= 15 is 0 Å². The van der Waals surface area contributed by atoms with Crippen molar-refractivity contribution in [1.82, 2.24) is 0 Å². The largest absolute Gasteiger partial charge is 0.493 e. The zero-order valence-electron chi connectivity index (χ0n) is 10.9. The van der Waals surface area contributed by atoms with Crippen molar-refractivity contribution < 1.29 is 9.47 Å². The summed E-state index contributed by atoms with van der Waals surface area (Å²) in [5, 5.41) is 0. The van der Waals surface area contributed by atoms with Gasteiger partial charge >= 0.3 is 0 Å². The maximum Gasteiger partial charge on any atom is 0.122 e. The Morgan fingerprint density at radius 2 is 2.22 bits per heavy atom. The van der Waals surface area contributed by atoms with Crippen molar-refractivity contribution in [2.75, 3.05) is 13.2 Å². The van der Waals surface area contributed by atoms with Crippen LogP contribution in [0.3, 0.4) is 0 Å². The molecule has 1 fully saturated rings. The SMILES string of the molecule is CC1CCOC1C(N)c1ccc2c(c1)CCCO2. The predicted molar refractivity (Wildman–Crippen MR) is 70.7 cm³/mol. The van der Waals surface area contributed by atoms with Crippen LogP contribution in [0.5, 0.6) is 5.75 Å². The average Bonchev–Trinajstić information content (AvgIpc) is 2.83. The molecule has 2 aliphatic heterocycles. The van der Waals surface area contributed by atoms with E-state index in [2.05, 4.69) is 25.1 Å². The predicted octanol–water partition coefficient (Wildman–Crippen LogP) is 2.44. The first-order valence-corrected chi connectivity index (χ1v) is 6.88. The highest BCUT2D eigenvalue weighted by atomic mass is 16.5. The van der Waals surface area contributed by atoms with Crippen LogP contribution in [0.2, 0.25) is 0 Å². The maximum absolute atomic E-state index is 6.36. The zero-order valence-corrected chi connectivity index (χ0v) is 10.9. The fourth-order valence-electron chi connectivity index (χ4n) is 2.95. The Hall–Kier alpha value is -1.06. The summed E-state index contributed by atoms with van der Waals surface area (Å²) in [5.74, 6) is 1.57. The molecule has 2 heterocycles. The van der Waals surface area contributed by atoms with Crippen LogP contribution in [0.25, 0.3) is 0 Å². The minimum atomic E-state index is -0.0188. The standard InChI is InChI=1S/C15H21NO2/c1-10-6-8-18-15(10)14(16)12-4-5-13-11(9-12)3-2-7-17-13/h4-5,9-10,14-15H,2-3,6-8,16H2,1H3. The molecule has 3 atom stereocenters. The van der Waals surface area contributed by atoms with E-state index in [1.807, 2.05) is 0 Å². The van der Waals surface area contributed by atoms with Gasteiger partial charge in [-0.1, -0.05) is 19.1 Å². The quantitative estimate of drug-likeness (QED) is 0.873. The second-order valence-corrected chi connectivity index (χ2v) is 5.45. The third-order valence-electron chi connectivity index (χ3n) is 4.12. The van der Waals surface area contributed by atoms with Crippen LogP contribution in [0.1, 0.15) is 36.9 Å². The third-order valence-corrected chi connectivity index (χ3v) is 4.12. The van der Waals surface area contributed by atoms with Gasteiger partial charge in [0.2, 0.25) is 0 Å². The molecule has 2 aliphatic rings. The summed E-state index contributed by atoms with van der Waals surface area (Å²) in [7, 11) is 0. The van der Waals surface area contributed by atoms with Crippen molar-refractivity contribution in [3.8, 4) is 5.75 Å². The zero-order chi connectivity index (χ0) is 12.5. The van der Waals surface area contributed by atoms with Gasteiger partial charge in [-0.3, -0.25) is 0 Å². The van der Waals surface area contributed by atoms with E-state index in [0.717, 1.165) is 38.2 Å². The number of fused-ring (bicyclic) bond motifs is 1. The van der Waals surface area contributed by atoms with E-state index in [1.54, 1.807) is 0 Å². The van der Waals surface area contributed by atoms with Gasteiger partial charge < -0.3 is 15.2 Å². The van der Waals surface area contributed by atoms with Crippen LogP contribution in [0.4, 0.5) is 0 Å². The average molecular weight is 247 g/mol. The van der Waals surface area contributed by atoms with Crippen LogP contribution in [0.15, 0.2) is 18.2 Å². The fraction of sp³-hybridized carbons (Fsp3) is 0.600. The monoisotopic (exact) mass is 247 g/mol. The molecule has 1 aromatic carbocycles. The Kier molecular flexibility index (Phi) is 3.27. The minimum Gasteiger partial charge on any atom is -0.493 e. The smallest absolute Gasteiger partial charge is 0.122 e. The van der Waals surface area contributed by atoms with Crippen LogP contribution >= 0.6 is 0 Å². The van der Waals surface area contributed by atoms with Gasteiger partial charge in [-0.25, -0.2) is 0 Å². The molecule has 0 spiro atoms. The van der Waals surface area contributed by atoms with E-state index in [0.29, 0.717) is 5.92 Å². The summed E-state index contributed by atoms with van der Waals surface area (Å²) < 4.78 is 11.4. The third kappa shape index (κ3) is 2.13. The molecule has 0 amide bonds. The number of hydrogen-bond acceptors (Lipinski definition) is 3. The van der Waals surface area contributed by atoms with Crippen molar-refractivity contribution in [1.29, 1.82) is 0 Å². The topological polar surface area (TPSA) is 44.5 Å². The second kappa shape index (κ2) is 4.90. The fourth-order valence-corrected chi connectivity index (χ4v) is 2.95. The highest BCUT2D eigenvalue weighted by Gasteiger charge is 2.31. The summed E-state index contributed by atoms with van der Waals surface area (Å²) in [5.41, 5.74) is 8.83. The van der Waals surface area contributed by atoms with Crippen LogP contribution < -0.4 is 10.5 Å².